The van der Waals surface area contributed by atoms with Gasteiger partial charge in [0.1, 0.15) is 0 Å². The maximum absolute atomic E-state index is 12.5. The zero-order chi connectivity index (χ0) is 16.8. The van der Waals surface area contributed by atoms with Crippen molar-refractivity contribution in [1.82, 2.24) is 4.90 Å². The first-order valence-corrected chi connectivity index (χ1v) is 7.90. The van der Waals surface area contributed by atoms with E-state index in [1.54, 1.807) is 17.0 Å². The number of likely N-dealkylation sites (tertiary alicyclic amines) is 1. The largest absolute Gasteiger partial charge is 0.370 e. The first-order chi connectivity index (χ1) is 11.5. The van der Waals surface area contributed by atoms with E-state index >= 15 is 0 Å². The summed E-state index contributed by atoms with van der Waals surface area (Å²) in [4.78, 5) is 37.6. The Labute approximate surface area is 139 Å². The minimum Gasteiger partial charge on any atom is -0.370 e. The predicted octanol–water partition coefficient (Wildman–Crippen LogP) is 1.85. The minimum absolute atomic E-state index is 0.0366. The van der Waals surface area contributed by atoms with E-state index in [4.69, 9.17) is 5.73 Å². The summed E-state index contributed by atoms with van der Waals surface area (Å²) < 4.78 is 0. The topological polar surface area (TPSA) is 80.5 Å². The van der Waals surface area contributed by atoms with Crippen LogP contribution in [0.3, 0.4) is 0 Å². The monoisotopic (exact) mass is 320 g/mol. The summed E-state index contributed by atoms with van der Waals surface area (Å²) in [6.45, 7) is 1.07. The molecule has 2 aromatic carbocycles. The van der Waals surface area contributed by atoms with E-state index in [0.717, 1.165) is 11.1 Å². The molecule has 0 saturated carbocycles. The van der Waals surface area contributed by atoms with Crippen molar-refractivity contribution in [3.8, 4) is 11.1 Å². The molecule has 1 saturated heterocycles. The third-order valence-corrected chi connectivity index (χ3v) is 4.71. The third kappa shape index (κ3) is 2.21. The van der Waals surface area contributed by atoms with Crippen molar-refractivity contribution >= 4 is 17.6 Å². The highest BCUT2D eigenvalue weighted by atomic mass is 16.2. The summed E-state index contributed by atoms with van der Waals surface area (Å²) in [7, 11) is 0. The molecular formula is C19H16N2O3. The van der Waals surface area contributed by atoms with Crippen LogP contribution >= 0.6 is 0 Å². The van der Waals surface area contributed by atoms with Gasteiger partial charge in [0.15, 0.2) is 5.78 Å². The van der Waals surface area contributed by atoms with Gasteiger partial charge in [0.05, 0.1) is 0 Å². The van der Waals surface area contributed by atoms with E-state index in [1.807, 2.05) is 30.3 Å². The van der Waals surface area contributed by atoms with Gasteiger partial charge in [-0.25, -0.2) is 0 Å². The average molecular weight is 320 g/mol. The predicted molar refractivity (Wildman–Crippen MR) is 88.5 cm³/mol. The third-order valence-electron chi connectivity index (χ3n) is 4.71. The van der Waals surface area contributed by atoms with Crippen molar-refractivity contribution in [1.29, 1.82) is 0 Å². The molecule has 2 amide bonds. The first-order valence-electron chi connectivity index (χ1n) is 7.90. The minimum atomic E-state index is -0.340. The molecule has 4 rings (SSSR count). The number of nitrogens with zero attached hydrogens (tertiary/aromatic N) is 1. The molecule has 1 aliphatic heterocycles. The Balaban J connectivity index is 1.56. The number of benzene rings is 2. The summed E-state index contributed by atoms with van der Waals surface area (Å²) in [6.07, 6.45) is 0.307. The van der Waals surface area contributed by atoms with Crippen LogP contribution in [0.1, 0.15) is 32.7 Å². The van der Waals surface area contributed by atoms with Gasteiger partial charge in [0.25, 0.3) is 5.91 Å². The molecule has 0 aromatic heterocycles. The quantitative estimate of drug-likeness (QED) is 0.799. The molecule has 1 heterocycles. The van der Waals surface area contributed by atoms with Crippen LogP contribution < -0.4 is 5.73 Å². The van der Waals surface area contributed by atoms with E-state index in [-0.39, 0.29) is 23.5 Å². The van der Waals surface area contributed by atoms with Gasteiger partial charge >= 0.3 is 0 Å². The van der Waals surface area contributed by atoms with Crippen LogP contribution in [0, 0.1) is 5.92 Å². The molecule has 0 atom stereocenters. The fourth-order valence-electron chi connectivity index (χ4n) is 3.49. The molecule has 0 spiro atoms. The highest BCUT2D eigenvalue weighted by Gasteiger charge is 2.33. The zero-order valence-corrected chi connectivity index (χ0v) is 13.0. The molecule has 2 N–H and O–H groups in total. The highest BCUT2D eigenvalue weighted by Crippen LogP contribution is 2.37. The van der Waals surface area contributed by atoms with Crippen LogP contribution in [0.2, 0.25) is 0 Å². The van der Waals surface area contributed by atoms with Crippen LogP contribution in [0.25, 0.3) is 11.1 Å². The summed E-state index contributed by atoms with van der Waals surface area (Å²) in [6, 6.07) is 12.8. The smallest absolute Gasteiger partial charge is 0.253 e. The van der Waals surface area contributed by atoms with Gasteiger partial charge in [-0.15, -0.1) is 0 Å². The molecule has 24 heavy (non-hydrogen) atoms. The lowest BCUT2D eigenvalue weighted by molar-refractivity contribution is -0.119. The second-order valence-electron chi connectivity index (χ2n) is 6.38. The van der Waals surface area contributed by atoms with E-state index in [0.29, 0.717) is 36.2 Å². The zero-order valence-electron chi connectivity index (χ0n) is 13.0. The molecule has 5 heteroatoms. The van der Waals surface area contributed by atoms with Crippen molar-refractivity contribution in [3.05, 3.63) is 59.2 Å². The van der Waals surface area contributed by atoms with Crippen molar-refractivity contribution in [2.75, 3.05) is 13.1 Å². The second-order valence-corrected chi connectivity index (χ2v) is 6.38. The van der Waals surface area contributed by atoms with Crippen molar-refractivity contribution in [2.45, 2.75) is 6.42 Å². The normalized spacial score (nSPS) is 15.7. The molecule has 0 radical (unpaired) electrons. The first kappa shape index (κ1) is 14.6. The standard InChI is InChI=1S/C19H16N2O3/c20-17(22)7-11-9-21(10-11)19(24)12-5-6-14-13-3-1-2-4-15(13)18(23)16(14)8-12/h1-6,8,11H,7,9-10H2,(H2,20,22). The van der Waals surface area contributed by atoms with Gasteiger partial charge in [0, 0.05) is 42.1 Å². The van der Waals surface area contributed by atoms with Crippen LogP contribution in [0.5, 0.6) is 0 Å². The number of amides is 2. The van der Waals surface area contributed by atoms with E-state index in [1.165, 1.54) is 0 Å². The van der Waals surface area contributed by atoms with Crippen LogP contribution in [0.4, 0.5) is 0 Å². The number of hydrogen-bond donors (Lipinski definition) is 1. The number of nitrogens with two attached hydrogens (primary N) is 1. The fourth-order valence-corrected chi connectivity index (χ4v) is 3.49. The van der Waals surface area contributed by atoms with E-state index < -0.39 is 0 Å². The molecule has 0 unspecified atom stereocenters. The molecular weight excluding hydrogens is 304 g/mol. The van der Waals surface area contributed by atoms with Gasteiger partial charge in [0.2, 0.25) is 5.91 Å². The van der Waals surface area contributed by atoms with Gasteiger partial charge in [-0.05, 0) is 23.3 Å². The van der Waals surface area contributed by atoms with Crippen LogP contribution in [-0.2, 0) is 4.79 Å². The van der Waals surface area contributed by atoms with E-state index in [9.17, 15) is 14.4 Å². The average Bonchev–Trinajstić information content (AvgIpc) is 2.83. The Morgan fingerprint density at radius 3 is 2.38 bits per heavy atom. The van der Waals surface area contributed by atoms with Crippen molar-refractivity contribution in [3.63, 3.8) is 0 Å². The summed E-state index contributed by atoms with van der Waals surface area (Å²) in [5.41, 5.74) is 8.74. The summed E-state index contributed by atoms with van der Waals surface area (Å²) >= 11 is 0. The summed E-state index contributed by atoms with van der Waals surface area (Å²) in [5.74, 6) is -0.340. The van der Waals surface area contributed by atoms with Crippen LogP contribution in [0.15, 0.2) is 42.5 Å². The lowest BCUT2D eigenvalue weighted by atomic mass is 9.94. The SMILES string of the molecule is NC(=O)CC1CN(C(=O)c2ccc3c(c2)C(=O)c2ccccc2-3)C1. The Bertz CT molecular complexity index is 882. The number of hydrogen-bond acceptors (Lipinski definition) is 3. The molecule has 2 aliphatic rings. The van der Waals surface area contributed by atoms with Crippen LogP contribution in [-0.4, -0.2) is 35.6 Å². The highest BCUT2D eigenvalue weighted by molar-refractivity contribution is 6.22. The van der Waals surface area contributed by atoms with Gasteiger partial charge in [-0.2, -0.15) is 0 Å². The van der Waals surface area contributed by atoms with Gasteiger partial charge in [-0.1, -0.05) is 30.3 Å². The molecule has 1 aliphatic carbocycles. The van der Waals surface area contributed by atoms with Gasteiger partial charge in [-0.3, -0.25) is 14.4 Å². The molecule has 5 nitrogen and oxygen atoms in total. The second kappa shape index (κ2) is 5.30. The maximum Gasteiger partial charge on any atom is 0.253 e. The molecule has 120 valence electrons. The Morgan fingerprint density at radius 2 is 1.67 bits per heavy atom. The Morgan fingerprint density at radius 1 is 1.00 bits per heavy atom. The van der Waals surface area contributed by atoms with Gasteiger partial charge < -0.3 is 10.6 Å². The number of rotatable bonds is 3. The number of carbonyl (C=O) groups is 3. The number of fused-ring (bicyclic) bond motifs is 3. The molecule has 1 fully saturated rings. The lowest BCUT2D eigenvalue weighted by Crippen LogP contribution is -2.51. The van der Waals surface area contributed by atoms with E-state index in [2.05, 4.69) is 0 Å². The molecule has 0 bridgehead atoms. The molecule has 2 aromatic rings. The Hall–Kier alpha value is -2.95. The van der Waals surface area contributed by atoms with Crippen molar-refractivity contribution < 1.29 is 14.4 Å². The fraction of sp³-hybridized carbons (Fsp3) is 0.211. The maximum atomic E-state index is 12.5. The number of ketones is 1. The lowest BCUT2D eigenvalue weighted by Gasteiger charge is -2.38. The number of carbonyl (C=O) groups excluding carboxylic acids is 3. The summed E-state index contributed by atoms with van der Waals surface area (Å²) in [5, 5.41) is 0. The Kier molecular flexibility index (Phi) is 3.23. The van der Waals surface area contributed by atoms with Crippen molar-refractivity contribution in [2.24, 2.45) is 11.7 Å². The number of primary amides is 1.